The Bertz CT molecular complexity index is 964. The van der Waals surface area contributed by atoms with Crippen LogP contribution in [0.4, 0.5) is 11.4 Å². The van der Waals surface area contributed by atoms with E-state index >= 15 is 0 Å². The molecule has 0 atom stereocenters. The second kappa shape index (κ2) is 8.15. The summed E-state index contributed by atoms with van der Waals surface area (Å²) < 4.78 is 0. The number of aromatic nitrogens is 1. The second-order valence-electron chi connectivity index (χ2n) is 5.55. The van der Waals surface area contributed by atoms with Gasteiger partial charge in [-0.3, -0.25) is 9.78 Å². The van der Waals surface area contributed by atoms with Gasteiger partial charge in [-0.25, -0.2) is 0 Å². The fourth-order valence-corrected chi connectivity index (χ4v) is 2.49. The lowest BCUT2D eigenvalue weighted by atomic mass is 10.2. The van der Waals surface area contributed by atoms with Crippen molar-refractivity contribution in [3.63, 3.8) is 0 Å². The van der Waals surface area contributed by atoms with Crippen molar-refractivity contribution in [1.82, 2.24) is 10.3 Å². The highest BCUT2D eigenvalue weighted by Crippen LogP contribution is 2.20. The van der Waals surface area contributed by atoms with Crippen molar-refractivity contribution in [3.05, 3.63) is 88.7 Å². The van der Waals surface area contributed by atoms with Crippen LogP contribution in [0.25, 0.3) is 0 Å². The van der Waals surface area contributed by atoms with Crippen LogP contribution in [0, 0.1) is 11.3 Å². The van der Waals surface area contributed by atoms with Crippen LogP contribution in [-0.2, 0) is 6.54 Å². The zero-order valence-electron chi connectivity index (χ0n) is 13.7. The highest BCUT2D eigenvalue weighted by molar-refractivity contribution is 6.30. The lowest BCUT2D eigenvalue weighted by molar-refractivity contribution is 0.0950. The van der Waals surface area contributed by atoms with Gasteiger partial charge in [0.2, 0.25) is 0 Å². The molecule has 0 saturated carbocycles. The van der Waals surface area contributed by atoms with Crippen LogP contribution in [0.3, 0.4) is 0 Å². The Morgan fingerprint density at radius 2 is 1.88 bits per heavy atom. The third-order valence-corrected chi connectivity index (χ3v) is 3.95. The van der Waals surface area contributed by atoms with Gasteiger partial charge in [0.15, 0.2) is 0 Å². The van der Waals surface area contributed by atoms with Crippen LogP contribution in [0.5, 0.6) is 0 Å². The van der Waals surface area contributed by atoms with Crippen LogP contribution < -0.4 is 10.6 Å². The number of pyridine rings is 1. The fraction of sp³-hybridized carbons (Fsp3) is 0.0500. The number of nitriles is 1. The number of para-hydroxylation sites is 1. The molecule has 3 rings (SSSR count). The van der Waals surface area contributed by atoms with E-state index < -0.39 is 0 Å². The van der Waals surface area contributed by atoms with Crippen LogP contribution >= 0.6 is 11.6 Å². The largest absolute Gasteiger partial charge is 0.353 e. The first kappa shape index (κ1) is 17.5. The van der Waals surface area contributed by atoms with E-state index in [9.17, 15) is 4.79 Å². The van der Waals surface area contributed by atoms with Crippen LogP contribution in [0.2, 0.25) is 5.02 Å². The van der Waals surface area contributed by atoms with E-state index in [1.165, 1.54) is 6.20 Å². The summed E-state index contributed by atoms with van der Waals surface area (Å²) in [6.07, 6.45) is 3.10. The highest BCUT2D eigenvalue weighted by atomic mass is 35.5. The number of carbonyl (C=O) groups is 1. The van der Waals surface area contributed by atoms with E-state index in [0.29, 0.717) is 34.1 Å². The van der Waals surface area contributed by atoms with Gasteiger partial charge in [0.05, 0.1) is 28.7 Å². The first-order chi connectivity index (χ1) is 12.7. The van der Waals surface area contributed by atoms with Crippen molar-refractivity contribution in [2.24, 2.45) is 0 Å². The van der Waals surface area contributed by atoms with Gasteiger partial charge in [0, 0.05) is 17.8 Å². The van der Waals surface area contributed by atoms with E-state index in [4.69, 9.17) is 16.9 Å². The molecule has 0 bridgehead atoms. The van der Waals surface area contributed by atoms with Crippen LogP contribution in [0.15, 0.2) is 67.0 Å². The number of amides is 1. The number of hydrogen-bond acceptors (Lipinski definition) is 4. The zero-order valence-corrected chi connectivity index (χ0v) is 14.5. The quantitative estimate of drug-likeness (QED) is 0.710. The average molecular weight is 363 g/mol. The number of nitrogens with one attached hydrogen (secondary N) is 2. The molecule has 0 aliphatic carbocycles. The number of hydrogen-bond donors (Lipinski definition) is 2. The van der Waals surface area contributed by atoms with Crippen molar-refractivity contribution in [2.75, 3.05) is 5.32 Å². The summed E-state index contributed by atoms with van der Waals surface area (Å²) >= 11 is 5.85. The van der Waals surface area contributed by atoms with Gasteiger partial charge < -0.3 is 10.6 Å². The molecule has 0 spiro atoms. The third-order valence-electron chi connectivity index (χ3n) is 3.69. The summed E-state index contributed by atoms with van der Waals surface area (Å²) in [5.41, 5.74) is 3.19. The lowest BCUT2D eigenvalue weighted by Crippen LogP contribution is -2.23. The van der Waals surface area contributed by atoms with Crippen LogP contribution in [0.1, 0.15) is 21.5 Å². The third kappa shape index (κ3) is 4.38. The summed E-state index contributed by atoms with van der Waals surface area (Å²) in [6, 6.07) is 18.2. The summed E-state index contributed by atoms with van der Waals surface area (Å²) in [5.74, 6) is -0.232. The van der Waals surface area contributed by atoms with Crippen molar-refractivity contribution in [1.29, 1.82) is 5.26 Å². The van der Waals surface area contributed by atoms with E-state index in [0.717, 1.165) is 5.56 Å². The molecular weight excluding hydrogens is 348 g/mol. The minimum absolute atomic E-state index is 0.232. The van der Waals surface area contributed by atoms with E-state index in [1.807, 2.05) is 18.2 Å². The SMILES string of the molecule is N#Cc1ccccc1Nc1cncc(C(=O)NCc2ccc(Cl)cc2)c1. The second-order valence-corrected chi connectivity index (χ2v) is 5.99. The van der Waals surface area contributed by atoms with E-state index in [-0.39, 0.29) is 5.91 Å². The van der Waals surface area contributed by atoms with Gasteiger partial charge in [-0.15, -0.1) is 0 Å². The molecule has 0 fully saturated rings. The maximum Gasteiger partial charge on any atom is 0.253 e. The predicted molar refractivity (Wildman–Crippen MR) is 101 cm³/mol. The maximum absolute atomic E-state index is 12.4. The normalized spacial score (nSPS) is 10.0. The van der Waals surface area contributed by atoms with Crippen molar-refractivity contribution in [2.45, 2.75) is 6.54 Å². The molecule has 5 nitrogen and oxygen atoms in total. The number of carbonyl (C=O) groups excluding carboxylic acids is 1. The Labute approximate surface area is 156 Å². The van der Waals surface area contributed by atoms with Crippen LogP contribution in [-0.4, -0.2) is 10.9 Å². The molecule has 3 aromatic rings. The highest BCUT2D eigenvalue weighted by Gasteiger charge is 2.08. The molecule has 26 heavy (non-hydrogen) atoms. The standard InChI is InChI=1S/C20H15ClN4O/c21-17-7-5-14(6-8-17)11-24-20(26)16-9-18(13-23-12-16)25-19-4-2-1-3-15(19)10-22/h1-9,12-13,25H,11H2,(H,24,26). The molecule has 2 aromatic carbocycles. The van der Waals surface area contributed by atoms with Crippen molar-refractivity contribution in [3.8, 4) is 6.07 Å². The number of rotatable bonds is 5. The van der Waals surface area contributed by atoms with Gasteiger partial charge in [-0.1, -0.05) is 35.9 Å². The Kier molecular flexibility index (Phi) is 5.47. The van der Waals surface area contributed by atoms with Gasteiger partial charge in [-0.2, -0.15) is 5.26 Å². The summed E-state index contributed by atoms with van der Waals surface area (Å²) in [7, 11) is 0. The Balaban J connectivity index is 1.69. The maximum atomic E-state index is 12.4. The summed E-state index contributed by atoms with van der Waals surface area (Å²) in [5, 5.41) is 15.8. The molecule has 0 aliphatic heterocycles. The molecular formula is C20H15ClN4O. The monoisotopic (exact) mass is 362 g/mol. The molecule has 2 N–H and O–H groups in total. The van der Waals surface area contributed by atoms with Crippen molar-refractivity contribution < 1.29 is 4.79 Å². The minimum Gasteiger partial charge on any atom is -0.353 e. The van der Waals surface area contributed by atoms with Gasteiger partial charge in [0.1, 0.15) is 6.07 Å². The molecule has 1 aromatic heterocycles. The summed E-state index contributed by atoms with van der Waals surface area (Å²) in [4.78, 5) is 16.5. The number of anilines is 2. The number of halogens is 1. The number of nitrogens with zero attached hydrogens (tertiary/aromatic N) is 2. The topological polar surface area (TPSA) is 77.8 Å². The molecule has 6 heteroatoms. The first-order valence-corrected chi connectivity index (χ1v) is 8.27. The van der Waals surface area contributed by atoms with E-state index in [2.05, 4.69) is 21.7 Å². The Morgan fingerprint density at radius 1 is 1.12 bits per heavy atom. The van der Waals surface area contributed by atoms with Crippen molar-refractivity contribution >= 4 is 28.9 Å². The molecule has 1 amide bonds. The average Bonchev–Trinajstić information content (AvgIpc) is 2.68. The molecule has 0 unspecified atom stereocenters. The molecule has 1 heterocycles. The molecule has 0 radical (unpaired) electrons. The molecule has 0 aliphatic rings. The zero-order chi connectivity index (χ0) is 18.4. The smallest absolute Gasteiger partial charge is 0.253 e. The molecule has 128 valence electrons. The Morgan fingerprint density at radius 3 is 2.65 bits per heavy atom. The molecule has 0 saturated heterocycles. The fourth-order valence-electron chi connectivity index (χ4n) is 2.36. The Hall–Kier alpha value is -3.36. The van der Waals surface area contributed by atoms with Gasteiger partial charge >= 0.3 is 0 Å². The minimum atomic E-state index is -0.232. The predicted octanol–water partition coefficient (Wildman–Crippen LogP) is 4.28. The van der Waals surface area contributed by atoms with Gasteiger partial charge in [0.25, 0.3) is 5.91 Å². The number of benzene rings is 2. The van der Waals surface area contributed by atoms with Gasteiger partial charge in [-0.05, 0) is 35.9 Å². The lowest BCUT2D eigenvalue weighted by Gasteiger charge is -2.10. The van der Waals surface area contributed by atoms with E-state index in [1.54, 1.807) is 42.6 Å². The summed E-state index contributed by atoms with van der Waals surface area (Å²) in [6.45, 7) is 0.394. The first-order valence-electron chi connectivity index (χ1n) is 7.89.